The number of ether oxygens (including phenoxy) is 1. The number of hydrogen-bond donors (Lipinski definition) is 2. The maximum Gasteiger partial charge on any atom is 0.221 e. The van der Waals surface area contributed by atoms with Crippen LogP contribution in [0.1, 0.15) is 37.7 Å². The molecule has 1 spiro atoms. The number of hydroxylamine groups is 2. The summed E-state index contributed by atoms with van der Waals surface area (Å²) in [6, 6.07) is 14.1. The van der Waals surface area contributed by atoms with Crippen molar-refractivity contribution < 1.29 is 9.57 Å². The first-order valence-corrected chi connectivity index (χ1v) is 9.99. The maximum absolute atomic E-state index is 6.45. The minimum absolute atomic E-state index is 0.0938. The third kappa shape index (κ3) is 2.79. The summed E-state index contributed by atoms with van der Waals surface area (Å²) < 4.78 is 6.45. The summed E-state index contributed by atoms with van der Waals surface area (Å²) >= 11 is 0. The van der Waals surface area contributed by atoms with E-state index in [1.807, 2.05) is 24.3 Å². The van der Waals surface area contributed by atoms with Crippen molar-refractivity contribution in [1.82, 2.24) is 5.06 Å². The van der Waals surface area contributed by atoms with Crippen molar-refractivity contribution >= 4 is 11.6 Å². The molecule has 0 bridgehead atoms. The highest BCUT2D eigenvalue weighted by atomic mass is 16.7. The topological polar surface area (TPSA) is 86.1 Å². The van der Waals surface area contributed by atoms with Gasteiger partial charge in [0.2, 0.25) is 11.7 Å². The predicted octanol–water partition coefficient (Wildman–Crippen LogP) is 3.62. The molecule has 1 aliphatic carbocycles. The molecule has 3 aliphatic rings. The highest BCUT2D eigenvalue weighted by Crippen LogP contribution is 2.49. The average molecular weight is 378 g/mol. The Morgan fingerprint density at radius 3 is 2.57 bits per heavy atom. The molecule has 1 saturated carbocycles. The molecule has 5 rings (SSSR count). The van der Waals surface area contributed by atoms with Crippen LogP contribution in [-0.2, 0) is 10.6 Å². The first-order valence-electron chi connectivity index (χ1n) is 9.99. The molecule has 146 valence electrons. The number of nitrogens with two attached hydrogens (primary N) is 2. The smallest absolute Gasteiger partial charge is 0.221 e. The number of aliphatic imine (C=N–C) groups is 1. The fourth-order valence-corrected chi connectivity index (χ4v) is 4.76. The molecule has 6 heteroatoms. The summed E-state index contributed by atoms with van der Waals surface area (Å²) in [6.45, 7) is 0. The SMILES string of the molecule is CN1OC2(CC(C3CCCC3)Oc3ccc(-c4cccc(N)c4)cc32)N=C1N. The van der Waals surface area contributed by atoms with E-state index in [2.05, 4.69) is 18.2 Å². The van der Waals surface area contributed by atoms with Crippen LogP contribution in [0, 0.1) is 5.92 Å². The van der Waals surface area contributed by atoms with Crippen molar-refractivity contribution in [1.29, 1.82) is 0 Å². The molecule has 4 N–H and O–H groups in total. The van der Waals surface area contributed by atoms with Gasteiger partial charge in [-0.3, -0.25) is 0 Å². The summed E-state index contributed by atoms with van der Waals surface area (Å²) in [4.78, 5) is 11.0. The first kappa shape index (κ1) is 17.4. The number of benzene rings is 2. The van der Waals surface area contributed by atoms with Crippen LogP contribution in [0.5, 0.6) is 5.75 Å². The minimum atomic E-state index is -0.823. The summed E-state index contributed by atoms with van der Waals surface area (Å²) in [6.07, 6.45) is 5.71. The molecule has 2 atom stereocenters. The van der Waals surface area contributed by atoms with Gasteiger partial charge in [-0.15, -0.1) is 0 Å². The lowest BCUT2D eigenvalue weighted by molar-refractivity contribution is -0.194. The van der Waals surface area contributed by atoms with Crippen LogP contribution < -0.4 is 16.2 Å². The third-order valence-electron chi connectivity index (χ3n) is 6.21. The molecule has 28 heavy (non-hydrogen) atoms. The Bertz CT molecular complexity index is 938. The van der Waals surface area contributed by atoms with E-state index in [1.165, 1.54) is 25.7 Å². The highest BCUT2D eigenvalue weighted by molar-refractivity contribution is 5.79. The molecule has 0 amide bonds. The van der Waals surface area contributed by atoms with Crippen molar-refractivity contribution in [3.63, 3.8) is 0 Å². The fourth-order valence-electron chi connectivity index (χ4n) is 4.76. The second-order valence-corrected chi connectivity index (χ2v) is 8.08. The van der Waals surface area contributed by atoms with E-state index in [0.717, 1.165) is 28.1 Å². The zero-order valence-corrected chi connectivity index (χ0v) is 16.1. The number of rotatable bonds is 2. The summed E-state index contributed by atoms with van der Waals surface area (Å²) in [5, 5.41) is 1.56. The molecule has 0 radical (unpaired) electrons. The van der Waals surface area contributed by atoms with E-state index in [0.29, 0.717) is 18.3 Å². The first-order chi connectivity index (χ1) is 13.5. The second kappa shape index (κ2) is 6.41. The van der Waals surface area contributed by atoms with Crippen LogP contribution in [0.4, 0.5) is 5.69 Å². The van der Waals surface area contributed by atoms with E-state index in [9.17, 15) is 0 Å². The lowest BCUT2D eigenvalue weighted by atomic mass is 9.85. The van der Waals surface area contributed by atoms with Crippen molar-refractivity contribution in [2.24, 2.45) is 16.6 Å². The Morgan fingerprint density at radius 2 is 1.86 bits per heavy atom. The Labute approximate surface area is 165 Å². The standard InChI is InChI=1S/C22H26N4O2/c1-26-21(24)25-22(28-26)13-20(14-5-2-3-6-14)27-19-10-9-16(12-18(19)22)15-7-4-8-17(23)11-15/h4,7-12,14,20H,2-3,5-6,13,23H2,1H3,(H2,24,25). The van der Waals surface area contributed by atoms with Gasteiger partial charge in [0.15, 0.2) is 0 Å². The van der Waals surface area contributed by atoms with Gasteiger partial charge in [-0.05, 0) is 54.2 Å². The van der Waals surface area contributed by atoms with E-state index >= 15 is 0 Å². The van der Waals surface area contributed by atoms with Gasteiger partial charge >= 0.3 is 0 Å². The third-order valence-corrected chi connectivity index (χ3v) is 6.21. The molecular weight excluding hydrogens is 352 g/mol. The molecule has 1 fully saturated rings. The summed E-state index contributed by atoms with van der Waals surface area (Å²) in [5.41, 5.74) is 15.0. The van der Waals surface area contributed by atoms with Gasteiger partial charge in [0.1, 0.15) is 11.9 Å². The van der Waals surface area contributed by atoms with Crippen molar-refractivity contribution in [2.75, 3.05) is 12.8 Å². The van der Waals surface area contributed by atoms with E-state index < -0.39 is 5.72 Å². The number of guanidine groups is 1. The van der Waals surface area contributed by atoms with Gasteiger partial charge in [-0.25, -0.2) is 14.9 Å². The van der Waals surface area contributed by atoms with E-state index in [4.69, 9.17) is 26.0 Å². The quantitative estimate of drug-likeness (QED) is 0.780. The van der Waals surface area contributed by atoms with E-state index in [-0.39, 0.29) is 6.10 Å². The number of hydrogen-bond acceptors (Lipinski definition) is 6. The molecule has 2 aromatic rings. The van der Waals surface area contributed by atoms with Crippen LogP contribution in [0.2, 0.25) is 0 Å². The van der Waals surface area contributed by atoms with Crippen LogP contribution >= 0.6 is 0 Å². The van der Waals surface area contributed by atoms with Gasteiger partial charge in [-0.1, -0.05) is 31.0 Å². The molecule has 0 saturated heterocycles. The van der Waals surface area contributed by atoms with Crippen LogP contribution in [0.3, 0.4) is 0 Å². The maximum atomic E-state index is 6.45. The van der Waals surface area contributed by atoms with Gasteiger partial charge in [0.25, 0.3) is 0 Å². The summed E-state index contributed by atoms with van der Waals surface area (Å²) in [5.74, 6) is 1.78. The molecule has 2 aromatic carbocycles. The lowest BCUT2D eigenvalue weighted by Crippen LogP contribution is -2.42. The molecule has 6 nitrogen and oxygen atoms in total. The zero-order chi connectivity index (χ0) is 19.3. The number of anilines is 1. The molecule has 2 heterocycles. The average Bonchev–Trinajstić information content (AvgIpc) is 3.31. The van der Waals surface area contributed by atoms with Crippen molar-refractivity contribution in [3.8, 4) is 16.9 Å². The fraction of sp³-hybridized carbons (Fsp3) is 0.409. The zero-order valence-electron chi connectivity index (χ0n) is 16.1. The molecular formula is C22H26N4O2. The van der Waals surface area contributed by atoms with Crippen LogP contribution in [-0.4, -0.2) is 24.2 Å². The Kier molecular flexibility index (Phi) is 3.98. The van der Waals surface area contributed by atoms with Crippen LogP contribution in [0.25, 0.3) is 11.1 Å². The van der Waals surface area contributed by atoms with Crippen molar-refractivity contribution in [3.05, 3.63) is 48.0 Å². The molecule has 2 unspecified atom stereocenters. The van der Waals surface area contributed by atoms with Crippen molar-refractivity contribution in [2.45, 2.75) is 43.9 Å². The highest BCUT2D eigenvalue weighted by Gasteiger charge is 2.50. The second-order valence-electron chi connectivity index (χ2n) is 8.08. The van der Waals surface area contributed by atoms with E-state index in [1.54, 1.807) is 12.1 Å². The number of nitrogens with zero attached hydrogens (tertiary/aromatic N) is 2. The summed E-state index contributed by atoms with van der Waals surface area (Å²) in [7, 11) is 1.80. The van der Waals surface area contributed by atoms with Gasteiger partial charge in [-0.2, -0.15) is 0 Å². The van der Waals surface area contributed by atoms with Gasteiger partial charge < -0.3 is 16.2 Å². The van der Waals surface area contributed by atoms with Crippen LogP contribution in [0.15, 0.2) is 47.5 Å². The molecule has 0 aromatic heterocycles. The molecule has 2 aliphatic heterocycles. The lowest BCUT2D eigenvalue weighted by Gasteiger charge is -2.39. The number of fused-ring (bicyclic) bond motifs is 2. The number of nitrogen functional groups attached to an aromatic ring is 1. The van der Waals surface area contributed by atoms with Gasteiger partial charge in [0.05, 0.1) is 5.56 Å². The predicted molar refractivity (Wildman–Crippen MR) is 109 cm³/mol. The Balaban J connectivity index is 1.60. The Hall–Kier alpha value is -2.73. The van der Waals surface area contributed by atoms with Gasteiger partial charge in [0, 0.05) is 19.2 Å². The monoisotopic (exact) mass is 378 g/mol. The normalized spacial score (nSPS) is 27.0. The minimum Gasteiger partial charge on any atom is -0.489 e. The largest absolute Gasteiger partial charge is 0.489 e. The Morgan fingerprint density at radius 1 is 1.07 bits per heavy atom.